The number of benzene rings is 3. The number of pyridine rings is 1. The van der Waals surface area contributed by atoms with Crippen molar-refractivity contribution in [3.05, 3.63) is 60.7 Å². The molecule has 0 atom stereocenters. The molecule has 1 heterocycles. The third kappa shape index (κ3) is 5.41. The first-order chi connectivity index (χ1) is 16.1. The lowest BCUT2D eigenvalue weighted by atomic mass is 10.1. The number of fused-ring (bicyclic) bond motifs is 2. The summed E-state index contributed by atoms with van der Waals surface area (Å²) in [5.41, 5.74) is 4.55. The van der Waals surface area contributed by atoms with E-state index in [2.05, 4.69) is 20.7 Å². The highest BCUT2D eigenvalue weighted by Gasteiger charge is 2.12. The summed E-state index contributed by atoms with van der Waals surface area (Å²) >= 11 is 0. The van der Waals surface area contributed by atoms with Gasteiger partial charge in [-0.1, -0.05) is 0 Å². The number of nitrogens with zero attached hydrogens (tertiary/aromatic N) is 1. The molecule has 4 N–H and O–H groups in total. The predicted octanol–water partition coefficient (Wildman–Crippen LogP) is 4.42. The number of amides is 2. The quantitative estimate of drug-likeness (QED) is 0.304. The normalized spacial score (nSPS) is 11.3. The van der Waals surface area contributed by atoms with E-state index in [9.17, 15) is 18.0 Å². The maximum absolute atomic E-state index is 11.6. The lowest BCUT2D eigenvalue weighted by Gasteiger charge is -2.16. The Hall–Kier alpha value is -4.18. The third-order valence-corrected chi connectivity index (χ3v) is 5.48. The van der Waals surface area contributed by atoms with E-state index < -0.39 is 10.0 Å². The van der Waals surface area contributed by atoms with Crippen LogP contribution in [0.15, 0.2) is 60.7 Å². The molecule has 174 valence electrons. The van der Waals surface area contributed by atoms with Crippen LogP contribution in [0.4, 0.5) is 28.4 Å². The molecule has 0 unspecified atom stereocenters. The van der Waals surface area contributed by atoms with Gasteiger partial charge in [-0.15, -0.1) is 0 Å². The van der Waals surface area contributed by atoms with Crippen LogP contribution in [-0.4, -0.2) is 31.5 Å². The Morgan fingerprint density at radius 2 is 1.26 bits per heavy atom. The highest BCUT2D eigenvalue weighted by molar-refractivity contribution is 7.92. The summed E-state index contributed by atoms with van der Waals surface area (Å²) in [5.74, 6) is -0.363. The summed E-state index contributed by atoms with van der Waals surface area (Å²) < 4.78 is 25.4. The Balaban J connectivity index is 1.84. The van der Waals surface area contributed by atoms with Crippen LogP contribution in [0.1, 0.15) is 13.8 Å². The van der Waals surface area contributed by atoms with Gasteiger partial charge in [-0.25, -0.2) is 13.4 Å². The molecule has 0 aliphatic carbocycles. The van der Waals surface area contributed by atoms with Crippen LogP contribution in [0.5, 0.6) is 0 Å². The van der Waals surface area contributed by atoms with Crippen LogP contribution < -0.4 is 20.7 Å². The summed E-state index contributed by atoms with van der Waals surface area (Å²) in [6.45, 7) is 2.88. The second-order valence-electron chi connectivity index (χ2n) is 7.89. The number of nitrogens with one attached hydrogen (secondary N) is 4. The summed E-state index contributed by atoms with van der Waals surface area (Å²) in [6, 6.07) is 17.7. The number of rotatable bonds is 6. The van der Waals surface area contributed by atoms with E-state index in [1.165, 1.54) is 13.8 Å². The minimum absolute atomic E-state index is 0.179. The van der Waals surface area contributed by atoms with Gasteiger partial charge in [0, 0.05) is 47.4 Å². The van der Waals surface area contributed by atoms with Crippen LogP contribution in [0, 0.1) is 0 Å². The van der Waals surface area contributed by atoms with Crippen molar-refractivity contribution in [3.63, 3.8) is 0 Å². The maximum Gasteiger partial charge on any atom is 0.229 e. The van der Waals surface area contributed by atoms with Crippen molar-refractivity contribution in [2.45, 2.75) is 13.8 Å². The molecule has 1 aromatic heterocycles. The van der Waals surface area contributed by atoms with E-state index in [1.54, 1.807) is 42.5 Å². The number of carbonyl (C=O) groups is 2. The van der Waals surface area contributed by atoms with Crippen molar-refractivity contribution in [3.8, 4) is 0 Å². The molecule has 3 aromatic carbocycles. The van der Waals surface area contributed by atoms with E-state index in [0.717, 1.165) is 28.4 Å². The van der Waals surface area contributed by atoms with Crippen LogP contribution >= 0.6 is 0 Å². The molecule has 0 saturated heterocycles. The predicted molar refractivity (Wildman–Crippen MR) is 136 cm³/mol. The number of carbonyl (C=O) groups excluding carboxylic acids is 2. The summed E-state index contributed by atoms with van der Waals surface area (Å²) in [7, 11) is -3.38. The van der Waals surface area contributed by atoms with Crippen LogP contribution in [0.25, 0.3) is 21.8 Å². The third-order valence-electron chi connectivity index (χ3n) is 4.87. The Labute approximate surface area is 196 Å². The van der Waals surface area contributed by atoms with Crippen molar-refractivity contribution in [2.24, 2.45) is 0 Å². The minimum Gasteiger partial charge on any atom is -0.354 e. The molecule has 4 aromatic rings. The standard InChI is InChI=1S/C24H23N5O4S/c1-14(30)25-18-9-11-22-21(12-18)24(20-10-8-19(26-15(2)31)13-23(20)28-22)27-16-4-6-17(7-5-16)29-34(3,32)33/h4-13,29H,1-3H3,(H,25,30)(H,26,31)(H,27,28). The smallest absolute Gasteiger partial charge is 0.229 e. The van der Waals surface area contributed by atoms with Gasteiger partial charge in [-0.05, 0) is 60.7 Å². The molecule has 34 heavy (non-hydrogen) atoms. The average Bonchev–Trinajstić information content (AvgIpc) is 2.73. The molecule has 9 nitrogen and oxygen atoms in total. The Morgan fingerprint density at radius 3 is 1.88 bits per heavy atom. The van der Waals surface area contributed by atoms with Gasteiger partial charge in [0.2, 0.25) is 21.8 Å². The van der Waals surface area contributed by atoms with Gasteiger partial charge in [0.05, 0.1) is 23.0 Å². The maximum atomic E-state index is 11.6. The molecule has 0 aliphatic heterocycles. The summed E-state index contributed by atoms with van der Waals surface area (Å²) in [6.07, 6.45) is 1.09. The van der Waals surface area contributed by atoms with E-state index in [4.69, 9.17) is 4.98 Å². The fourth-order valence-corrected chi connectivity index (χ4v) is 4.19. The molecule has 0 bridgehead atoms. The Kier molecular flexibility index (Phi) is 6.08. The SMILES string of the molecule is CC(=O)Nc1ccc2c(Nc3ccc(NS(C)(=O)=O)cc3)c3cc(NC(C)=O)ccc3nc2c1. The van der Waals surface area contributed by atoms with E-state index in [1.807, 2.05) is 18.2 Å². The molecular weight excluding hydrogens is 454 g/mol. The average molecular weight is 478 g/mol. The molecular formula is C24H23N5O4S. The van der Waals surface area contributed by atoms with E-state index in [0.29, 0.717) is 28.1 Å². The number of aromatic nitrogens is 1. The minimum atomic E-state index is -3.38. The summed E-state index contributed by atoms with van der Waals surface area (Å²) in [4.78, 5) is 27.8. The lowest BCUT2D eigenvalue weighted by Crippen LogP contribution is -2.09. The van der Waals surface area contributed by atoms with Crippen LogP contribution in [0.2, 0.25) is 0 Å². The number of hydrogen-bond acceptors (Lipinski definition) is 6. The molecule has 4 rings (SSSR count). The van der Waals surface area contributed by atoms with Crippen molar-refractivity contribution in [1.29, 1.82) is 0 Å². The highest BCUT2D eigenvalue weighted by atomic mass is 32.2. The fraction of sp³-hybridized carbons (Fsp3) is 0.125. The van der Waals surface area contributed by atoms with Crippen molar-refractivity contribution < 1.29 is 18.0 Å². The zero-order chi connectivity index (χ0) is 24.5. The summed E-state index contributed by atoms with van der Waals surface area (Å²) in [5, 5.41) is 10.5. The molecule has 0 fully saturated rings. The van der Waals surface area contributed by atoms with Gasteiger partial charge in [-0.2, -0.15) is 0 Å². The van der Waals surface area contributed by atoms with Crippen molar-refractivity contribution in [2.75, 3.05) is 26.9 Å². The first-order valence-corrected chi connectivity index (χ1v) is 12.2. The highest BCUT2D eigenvalue weighted by Crippen LogP contribution is 2.36. The van der Waals surface area contributed by atoms with Crippen LogP contribution in [-0.2, 0) is 19.6 Å². The molecule has 2 amide bonds. The topological polar surface area (TPSA) is 129 Å². The van der Waals surface area contributed by atoms with Gasteiger partial charge in [0.15, 0.2) is 0 Å². The first kappa shape index (κ1) is 23.0. The fourth-order valence-electron chi connectivity index (χ4n) is 3.62. The Morgan fingerprint density at radius 1 is 0.706 bits per heavy atom. The first-order valence-electron chi connectivity index (χ1n) is 10.3. The van der Waals surface area contributed by atoms with Gasteiger partial charge in [-0.3, -0.25) is 14.3 Å². The molecule has 0 spiro atoms. The van der Waals surface area contributed by atoms with Crippen LogP contribution in [0.3, 0.4) is 0 Å². The number of sulfonamides is 1. The van der Waals surface area contributed by atoms with Crippen molar-refractivity contribution in [1.82, 2.24) is 4.98 Å². The zero-order valence-electron chi connectivity index (χ0n) is 18.8. The monoisotopic (exact) mass is 477 g/mol. The Bertz CT molecular complexity index is 1530. The molecule has 0 saturated carbocycles. The largest absolute Gasteiger partial charge is 0.354 e. The zero-order valence-corrected chi connectivity index (χ0v) is 19.6. The molecule has 0 aliphatic rings. The second kappa shape index (κ2) is 8.99. The number of anilines is 5. The van der Waals surface area contributed by atoms with E-state index >= 15 is 0 Å². The number of hydrogen-bond donors (Lipinski definition) is 4. The van der Waals surface area contributed by atoms with Gasteiger partial charge in [0.1, 0.15) is 0 Å². The van der Waals surface area contributed by atoms with Crippen molar-refractivity contribution >= 4 is 72.1 Å². The molecule has 10 heteroatoms. The van der Waals surface area contributed by atoms with E-state index in [-0.39, 0.29) is 11.8 Å². The second-order valence-corrected chi connectivity index (χ2v) is 9.64. The lowest BCUT2D eigenvalue weighted by molar-refractivity contribution is -0.115. The van der Waals surface area contributed by atoms with Gasteiger partial charge >= 0.3 is 0 Å². The van der Waals surface area contributed by atoms with Gasteiger partial charge in [0.25, 0.3) is 0 Å². The molecule has 0 radical (unpaired) electrons. The van der Waals surface area contributed by atoms with Gasteiger partial charge < -0.3 is 16.0 Å².